The molecular formula is C15H20N2O6. The molecule has 1 aromatic carbocycles. The summed E-state index contributed by atoms with van der Waals surface area (Å²) in [6.07, 6.45) is 1.35. The van der Waals surface area contributed by atoms with Gasteiger partial charge in [0.15, 0.2) is 17.2 Å². The van der Waals surface area contributed by atoms with Crippen molar-refractivity contribution in [3.8, 4) is 17.2 Å². The number of rotatable bonds is 3. The van der Waals surface area contributed by atoms with Crippen LogP contribution in [0.4, 0.5) is 10.5 Å². The number of nitrogens with one attached hydrogen (secondary N) is 1. The number of hydrogen-bond donors (Lipinski definition) is 4. The topological polar surface area (TPSA) is 119 Å². The van der Waals surface area contributed by atoms with E-state index in [0.717, 1.165) is 12.1 Å². The van der Waals surface area contributed by atoms with E-state index in [1.807, 2.05) is 0 Å². The van der Waals surface area contributed by atoms with Crippen LogP contribution in [0.15, 0.2) is 12.1 Å². The van der Waals surface area contributed by atoms with Gasteiger partial charge in [-0.25, -0.2) is 4.79 Å². The summed E-state index contributed by atoms with van der Waals surface area (Å²) in [6.45, 7) is 2.78. The molecule has 8 heteroatoms. The minimum Gasteiger partial charge on any atom is -0.504 e. The highest BCUT2D eigenvalue weighted by Crippen LogP contribution is 2.37. The van der Waals surface area contributed by atoms with Gasteiger partial charge < -0.3 is 30.3 Å². The fraction of sp³-hybridized carbons (Fsp3) is 0.467. The highest BCUT2D eigenvalue weighted by atomic mass is 16.5. The first-order valence-corrected chi connectivity index (χ1v) is 7.39. The van der Waals surface area contributed by atoms with Crippen molar-refractivity contribution in [2.24, 2.45) is 5.92 Å². The van der Waals surface area contributed by atoms with Crippen molar-refractivity contribution < 1.29 is 29.6 Å². The molecule has 1 fully saturated rings. The fourth-order valence-corrected chi connectivity index (χ4v) is 2.49. The molecule has 1 aromatic rings. The number of carbonyl (C=O) groups is 2. The predicted octanol–water partition coefficient (Wildman–Crippen LogP) is 1.61. The molecule has 2 rings (SSSR count). The van der Waals surface area contributed by atoms with Crippen LogP contribution in [-0.4, -0.2) is 51.9 Å². The zero-order chi connectivity index (χ0) is 17.0. The van der Waals surface area contributed by atoms with Crippen molar-refractivity contribution in [1.29, 1.82) is 0 Å². The molecular weight excluding hydrogens is 304 g/mol. The average molecular weight is 324 g/mol. The molecule has 4 N–H and O–H groups in total. The van der Waals surface area contributed by atoms with E-state index >= 15 is 0 Å². The van der Waals surface area contributed by atoms with Crippen LogP contribution >= 0.6 is 0 Å². The highest BCUT2D eigenvalue weighted by Gasteiger charge is 2.29. The lowest BCUT2D eigenvalue weighted by Crippen LogP contribution is -2.44. The fourth-order valence-electron chi connectivity index (χ4n) is 2.49. The van der Waals surface area contributed by atoms with Gasteiger partial charge in [0.2, 0.25) is 0 Å². The summed E-state index contributed by atoms with van der Waals surface area (Å²) in [7, 11) is 0. The number of anilines is 1. The molecule has 0 bridgehead atoms. The van der Waals surface area contributed by atoms with Crippen molar-refractivity contribution >= 4 is 17.7 Å². The Kier molecular flexibility index (Phi) is 5.15. The Balaban J connectivity index is 2.01. The maximum absolute atomic E-state index is 12.2. The van der Waals surface area contributed by atoms with Crippen molar-refractivity contribution in [2.75, 3.05) is 25.0 Å². The molecule has 1 atom stereocenters. The number of benzene rings is 1. The number of phenols is 3. The van der Waals surface area contributed by atoms with Crippen molar-refractivity contribution in [1.82, 2.24) is 4.90 Å². The van der Waals surface area contributed by atoms with Gasteiger partial charge >= 0.3 is 12.0 Å². The van der Waals surface area contributed by atoms with Gasteiger partial charge in [-0.3, -0.25) is 4.79 Å². The number of likely N-dealkylation sites (tertiary alicyclic amines) is 1. The number of aromatic hydroxyl groups is 3. The lowest BCUT2D eigenvalue weighted by Gasteiger charge is -2.31. The van der Waals surface area contributed by atoms with E-state index in [4.69, 9.17) is 4.74 Å². The first kappa shape index (κ1) is 16.7. The van der Waals surface area contributed by atoms with Crippen molar-refractivity contribution in [3.05, 3.63) is 12.1 Å². The Labute approximate surface area is 133 Å². The van der Waals surface area contributed by atoms with Gasteiger partial charge in [-0.15, -0.1) is 0 Å². The van der Waals surface area contributed by atoms with E-state index in [0.29, 0.717) is 26.0 Å². The Morgan fingerprint density at radius 3 is 2.57 bits per heavy atom. The molecule has 23 heavy (non-hydrogen) atoms. The second kappa shape index (κ2) is 7.08. The maximum atomic E-state index is 12.2. The third-order valence-corrected chi connectivity index (χ3v) is 3.65. The van der Waals surface area contributed by atoms with Crippen LogP contribution in [0.5, 0.6) is 17.2 Å². The van der Waals surface area contributed by atoms with Gasteiger partial charge in [-0.05, 0) is 19.8 Å². The smallest absolute Gasteiger partial charge is 0.321 e. The first-order valence-electron chi connectivity index (χ1n) is 7.39. The molecule has 1 heterocycles. The number of nitrogens with zero attached hydrogens (tertiary/aromatic N) is 1. The number of carbonyl (C=O) groups excluding carboxylic acids is 2. The molecule has 1 aliphatic rings. The quantitative estimate of drug-likeness (QED) is 0.381. The summed E-state index contributed by atoms with van der Waals surface area (Å²) in [6, 6.07) is 1.79. The van der Waals surface area contributed by atoms with E-state index in [1.54, 1.807) is 6.92 Å². The Morgan fingerprint density at radius 2 is 1.96 bits per heavy atom. The lowest BCUT2D eigenvalue weighted by atomic mass is 9.98. The molecule has 0 aliphatic carbocycles. The van der Waals surface area contributed by atoms with Crippen molar-refractivity contribution in [2.45, 2.75) is 19.8 Å². The summed E-state index contributed by atoms with van der Waals surface area (Å²) in [5, 5.41) is 30.7. The first-order chi connectivity index (χ1) is 10.9. The molecule has 0 aromatic heterocycles. The summed E-state index contributed by atoms with van der Waals surface area (Å²) in [5.41, 5.74) is 0.140. The van der Waals surface area contributed by atoms with E-state index in [1.165, 1.54) is 4.90 Å². The van der Waals surface area contributed by atoms with Crippen molar-refractivity contribution in [3.63, 3.8) is 0 Å². The van der Waals surface area contributed by atoms with Gasteiger partial charge in [-0.1, -0.05) is 0 Å². The number of ether oxygens (including phenoxy) is 1. The molecule has 0 saturated carbocycles. The Morgan fingerprint density at radius 1 is 1.30 bits per heavy atom. The second-order valence-electron chi connectivity index (χ2n) is 5.33. The van der Waals surface area contributed by atoms with Crippen LogP contribution in [0, 0.1) is 5.92 Å². The molecule has 1 unspecified atom stereocenters. The van der Waals surface area contributed by atoms with Gasteiger partial charge in [0.1, 0.15) is 0 Å². The van der Waals surface area contributed by atoms with Crippen LogP contribution in [-0.2, 0) is 9.53 Å². The van der Waals surface area contributed by atoms with Crippen LogP contribution in [0.2, 0.25) is 0 Å². The Hall–Kier alpha value is -2.64. The maximum Gasteiger partial charge on any atom is 0.321 e. The monoisotopic (exact) mass is 324 g/mol. The molecule has 0 radical (unpaired) electrons. The average Bonchev–Trinajstić information content (AvgIpc) is 2.53. The van der Waals surface area contributed by atoms with E-state index in [9.17, 15) is 24.9 Å². The third-order valence-electron chi connectivity index (χ3n) is 3.65. The number of amides is 2. The summed E-state index contributed by atoms with van der Waals surface area (Å²) in [4.78, 5) is 25.5. The molecule has 1 aliphatic heterocycles. The number of piperidine rings is 1. The third kappa shape index (κ3) is 3.97. The van der Waals surface area contributed by atoms with Crippen LogP contribution in [0.3, 0.4) is 0 Å². The zero-order valence-electron chi connectivity index (χ0n) is 12.8. The minimum atomic E-state index is -0.650. The van der Waals surface area contributed by atoms with Gasteiger partial charge in [0, 0.05) is 25.2 Å². The SMILES string of the molecule is CCOC(=O)C1CCCN(C(=O)Nc2cc(O)c(O)c(O)c2)C1. The summed E-state index contributed by atoms with van der Waals surface area (Å²) in [5.74, 6) is -2.39. The largest absolute Gasteiger partial charge is 0.504 e. The number of urea groups is 1. The number of hydrogen-bond acceptors (Lipinski definition) is 6. The lowest BCUT2D eigenvalue weighted by molar-refractivity contribution is -0.149. The molecule has 126 valence electrons. The molecule has 1 saturated heterocycles. The van der Waals surface area contributed by atoms with Crippen LogP contribution in [0.25, 0.3) is 0 Å². The molecule has 8 nitrogen and oxygen atoms in total. The minimum absolute atomic E-state index is 0.140. The molecule has 2 amide bonds. The zero-order valence-corrected chi connectivity index (χ0v) is 12.8. The normalized spacial score (nSPS) is 17.6. The van der Waals surface area contributed by atoms with E-state index in [2.05, 4.69) is 5.32 Å². The van der Waals surface area contributed by atoms with Crippen LogP contribution in [0.1, 0.15) is 19.8 Å². The van der Waals surface area contributed by atoms with E-state index in [-0.39, 0.29) is 24.1 Å². The second-order valence-corrected chi connectivity index (χ2v) is 5.33. The van der Waals surface area contributed by atoms with Crippen LogP contribution < -0.4 is 5.32 Å². The van der Waals surface area contributed by atoms with Gasteiger partial charge in [0.25, 0.3) is 0 Å². The van der Waals surface area contributed by atoms with Gasteiger partial charge in [0.05, 0.1) is 18.2 Å². The predicted molar refractivity (Wildman–Crippen MR) is 81.4 cm³/mol. The van der Waals surface area contributed by atoms with E-state index < -0.39 is 23.3 Å². The molecule has 0 spiro atoms. The summed E-state index contributed by atoms with van der Waals surface area (Å²) < 4.78 is 4.98. The number of esters is 1. The number of phenolic OH excluding ortho intramolecular Hbond substituents is 3. The standard InChI is InChI=1S/C15H20N2O6/c1-2-23-14(21)9-4-3-5-17(8-9)15(22)16-10-6-11(18)13(20)12(19)7-10/h6-7,9,18-20H,2-5,8H2,1H3,(H,16,22). The summed E-state index contributed by atoms with van der Waals surface area (Å²) >= 11 is 0. The highest BCUT2D eigenvalue weighted by molar-refractivity contribution is 5.90. The Bertz CT molecular complexity index is 581. The van der Waals surface area contributed by atoms with Gasteiger partial charge in [-0.2, -0.15) is 0 Å².